The molecule has 0 radical (unpaired) electrons. The number of β-lactam (4-membered cyclic amide) rings is 1. The normalized spacial score (nSPS) is 21.2. The van der Waals surface area contributed by atoms with Crippen LogP contribution in [0, 0.1) is 0 Å². The van der Waals surface area contributed by atoms with Crippen molar-refractivity contribution in [2.45, 2.75) is 11.9 Å². The second-order valence-electron chi connectivity index (χ2n) is 5.83. The number of aliphatic carboxylic acids is 1. The van der Waals surface area contributed by atoms with E-state index in [4.69, 9.17) is 0 Å². The van der Waals surface area contributed by atoms with Gasteiger partial charge < -0.3 is 14.5 Å². The Kier molecular flexibility index (Phi) is 3.92. The summed E-state index contributed by atoms with van der Waals surface area (Å²) in [5.41, 5.74) is 3.56. The minimum Gasteiger partial charge on any atom is -0.543 e. The van der Waals surface area contributed by atoms with Gasteiger partial charge in [0.05, 0.1) is 22.9 Å². The van der Waals surface area contributed by atoms with E-state index in [1.807, 2.05) is 24.4 Å². The SMILES string of the molecule is O=C([O-])C1=CS[C@@H]2/C(=C\c3cn4c(n3)-c3ccccc3C4)C(=O)N12.[Na+]. The number of hydrogen-bond acceptors (Lipinski definition) is 5. The average molecular weight is 359 g/mol. The number of thioether (sulfide) groups is 1. The molecule has 2 aromatic rings. The fourth-order valence-corrected chi connectivity index (χ4v) is 4.43. The van der Waals surface area contributed by atoms with Gasteiger partial charge in [-0.3, -0.25) is 9.69 Å². The molecule has 8 heteroatoms. The summed E-state index contributed by atoms with van der Waals surface area (Å²) in [5, 5.41) is 12.2. The van der Waals surface area contributed by atoms with Crippen LogP contribution in [-0.4, -0.2) is 31.7 Å². The minimum absolute atomic E-state index is 0. The quantitative estimate of drug-likeness (QED) is 0.295. The Bertz CT molecular complexity index is 995. The molecule has 0 saturated carbocycles. The van der Waals surface area contributed by atoms with Gasteiger partial charge in [0.25, 0.3) is 5.91 Å². The van der Waals surface area contributed by atoms with Crippen LogP contribution >= 0.6 is 11.8 Å². The molecule has 1 aromatic heterocycles. The predicted molar refractivity (Wildman–Crippen MR) is 86.1 cm³/mol. The van der Waals surface area contributed by atoms with Crippen molar-refractivity contribution < 1.29 is 44.3 Å². The number of nitrogens with zero attached hydrogens (tertiary/aromatic N) is 3. The smallest absolute Gasteiger partial charge is 0.543 e. The molecule has 3 aliphatic rings. The van der Waals surface area contributed by atoms with E-state index in [2.05, 4.69) is 15.6 Å². The van der Waals surface area contributed by atoms with Gasteiger partial charge in [-0.15, -0.1) is 11.8 Å². The molecule has 3 aliphatic heterocycles. The number of aromatic nitrogens is 2. The third-order valence-electron chi connectivity index (χ3n) is 4.44. The summed E-state index contributed by atoms with van der Waals surface area (Å²) < 4.78 is 2.06. The Morgan fingerprint density at radius 2 is 2.16 bits per heavy atom. The topological polar surface area (TPSA) is 78.3 Å². The number of amides is 1. The molecule has 0 N–H and O–H groups in total. The first-order chi connectivity index (χ1) is 11.6. The number of rotatable bonds is 2. The van der Waals surface area contributed by atoms with Crippen molar-refractivity contribution in [2.24, 2.45) is 0 Å². The van der Waals surface area contributed by atoms with Gasteiger partial charge in [-0.1, -0.05) is 24.3 Å². The van der Waals surface area contributed by atoms with E-state index in [0.717, 1.165) is 17.9 Å². The van der Waals surface area contributed by atoms with Crippen molar-refractivity contribution in [1.29, 1.82) is 0 Å². The van der Waals surface area contributed by atoms with Crippen LogP contribution in [0.25, 0.3) is 17.5 Å². The zero-order valence-electron chi connectivity index (χ0n) is 13.3. The van der Waals surface area contributed by atoms with Crippen molar-refractivity contribution in [3.05, 3.63) is 58.4 Å². The number of carbonyl (C=O) groups is 2. The van der Waals surface area contributed by atoms with Gasteiger partial charge in [-0.05, 0) is 17.0 Å². The maximum absolute atomic E-state index is 12.2. The number of benzene rings is 1. The van der Waals surface area contributed by atoms with Crippen molar-refractivity contribution in [1.82, 2.24) is 14.5 Å². The molecule has 1 atom stereocenters. The van der Waals surface area contributed by atoms with Gasteiger partial charge in [0, 0.05) is 18.3 Å². The van der Waals surface area contributed by atoms with Crippen LogP contribution in [0.4, 0.5) is 0 Å². The van der Waals surface area contributed by atoms with E-state index in [0.29, 0.717) is 11.3 Å². The molecule has 118 valence electrons. The number of imidazole rings is 1. The van der Waals surface area contributed by atoms with Crippen molar-refractivity contribution in [2.75, 3.05) is 0 Å². The Morgan fingerprint density at radius 1 is 1.36 bits per heavy atom. The van der Waals surface area contributed by atoms with Gasteiger partial charge in [-0.25, -0.2) is 4.98 Å². The van der Waals surface area contributed by atoms with E-state index >= 15 is 0 Å². The number of hydrogen-bond donors (Lipinski definition) is 0. The van der Waals surface area contributed by atoms with E-state index in [9.17, 15) is 14.7 Å². The molecule has 0 spiro atoms. The van der Waals surface area contributed by atoms with Crippen LogP contribution in [0.2, 0.25) is 0 Å². The van der Waals surface area contributed by atoms with Crippen LogP contribution in [0.5, 0.6) is 0 Å². The zero-order valence-corrected chi connectivity index (χ0v) is 16.1. The Hall–Kier alpha value is -1.80. The number of carboxylic acids is 1. The Morgan fingerprint density at radius 3 is 2.96 bits per heavy atom. The first kappa shape index (κ1) is 16.7. The molecule has 4 heterocycles. The number of fused-ring (bicyclic) bond motifs is 4. The zero-order chi connectivity index (χ0) is 16.4. The van der Waals surface area contributed by atoms with Crippen LogP contribution in [-0.2, 0) is 16.1 Å². The van der Waals surface area contributed by atoms with Gasteiger partial charge in [0.1, 0.15) is 11.2 Å². The van der Waals surface area contributed by atoms with E-state index < -0.39 is 5.97 Å². The maximum atomic E-state index is 12.2. The monoisotopic (exact) mass is 359 g/mol. The summed E-state index contributed by atoms with van der Waals surface area (Å²) in [4.78, 5) is 29.1. The number of carboxylic acid groups (broad SMARTS) is 1. The molecule has 0 bridgehead atoms. The Labute approximate surface area is 169 Å². The van der Waals surface area contributed by atoms with Gasteiger partial charge in [0.2, 0.25) is 0 Å². The summed E-state index contributed by atoms with van der Waals surface area (Å²) in [5.74, 6) is -0.724. The first-order valence-electron chi connectivity index (χ1n) is 7.41. The molecule has 1 saturated heterocycles. The fourth-order valence-electron chi connectivity index (χ4n) is 3.32. The van der Waals surface area contributed by atoms with Crippen molar-refractivity contribution in [3.8, 4) is 11.4 Å². The van der Waals surface area contributed by atoms with Gasteiger partial charge >= 0.3 is 29.6 Å². The second-order valence-corrected chi connectivity index (χ2v) is 6.78. The third kappa shape index (κ3) is 2.34. The average Bonchev–Trinajstić information content (AvgIpc) is 3.22. The summed E-state index contributed by atoms with van der Waals surface area (Å²) in [6.07, 6.45) is 3.67. The summed E-state index contributed by atoms with van der Waals surface area (Å²) in [6, 6.07) is 8.11. The maximum Gasteiger partial charge on any atom is 1.00 e. The molecular formula is C17H10N3NaO3S. The van der Waals surface area contributed by atoms with E-state index in [1.54, 1.807) is 6.08 Å². The predicted octanol–water partition coefficient (Wildman–Crippen LogP) is -2.19. The van der Waals surface area contributed by atoms with Crippen LogP contribution in [0.15, 0.2) is 47.1 Å². The molecule has 1 amide bonds. The van der Waals surface area contributed by atoms with Crippen molar-refractivity contribution >= 4 is 29.7 Å². The molecule has 0 aliphatic carbocycles. The molecule has 6 nitrogen and oxygen atoms in total. The second kappa shape index (κ2) is 5.88. The molecule has 25 heavy (non-hydrogen) atoms. The molecular weight excluding hydrogens is 349 g/mol. The van der Waals surface area contributed by atoms with Gasteiger partial charge in [-0.2, -0.15) is 0 Å². The van der Waals surface area contributed by atoms with E-state index in [-0.39, 0.29) is 46.5 Å². The summed E-state index contributed by atoms with van der Waals surface area (Å²) >= 11 is 1.30. The largest absolute Gasteiger partial charge is 1.00 e. The molecule has 1 aromatic carbocycles. The van der Waals surface area contributed by atoms with Crippen LogP contribution < -0.4 is 34.7 Å². The minimum atomic E-state index is -1.32. The first-order valence-corrected chi connectivity index (χ1v) is 8.35. The standard InChI is InChI=1S/C17H11N3O3S.Na/c21-15-12(16-20(15)13(8-24-16)17(22)23)5-10-7-19-6-9-3-1-2-4-11(9)14(19)18-10;/h1-5,7-8,16H,6H2,(H,22,23);/q;+1/p-1/b12-5-;/t16-;/m1./s1. The van der Waals surface area contributed by atoms with Gasteiger partial charge in [0.15, 0.2) is 0 Å². The third-order valence-corrected chi connectivity index (χ3v) is 5.52. The number of carbonyl (C=O) groups excluding carboxylic acids is 2. The molecule has 1 fully saturated rings. The Balaban J connectivity index is 0.00000157. The summed E-state index contributed by atoms with van der Waals surface area (Å²) in [7, 11) is 0. The molecule has 0 unspecified atom stereocenters. The molecule has 5 rings (SSSR count). The van der Waals surface area contributed by atoms with E-state index in [1.165, 1.54) is 27.6 Å². The van der Waals surface area contributed by atoms with Crippen LogP contribution in [0.1, 0.15) is 11.3 Å². The van der Waals surface area contributed by atoms with Crippen molar-refractivity contribution in [3.63, 3.8) is 0 Å². The summed E-state index contributed by atoms with van der Waals surface area (Å²) in [6.45, 7) is 0.774. The van der Waals surface area contributed by atoms with Crippen LogP contribution in [0.3, 0.4) is 0 Å². The fraction of sp³-hybridized carbons (Fsp3) is 0.118.